The summed E-state index contributed by atoms with van der Waals surface area (Å²) in [5, 5.41) is 0. The minimum absolute atomic E-state index is 0.0364. The molecule has 0 aromatic heterocycles. The van der Waals surface area contributed by atoms with Gasteiger partial charge in [-0.1, -0.05) is 6.92 Å². The Kier molecular flexibility index (Phi) is 6.20. The zero-order chi connectivity index (χ0) is 23.0. The number of hydrogen-bond donors (Lipinski definition) is 0. The summed E-state index contributed by atoms with van der Waals surface area (Å²) < 4.78 is 34.1. The lowest BCUT2D eigenvalue weighted by Gasteiger charge is -2.44. The summed E-state index contributed by atoms with van der Waals surface area (Å²) in [7, 11) is 0. The van der Waals surface area contributed by atoms with Crippen LogP contribution in [-0.2, 0) is 14.3 Å². The van der Waals surface area contributed by atoms with Gasteiger partial charge < -0.3 is 14.5 Å². The van der Waals surface area contributed by atoms with Crippen LogP contribution >= 0.6 is 0 Å². The van der Waals surface area contributed by atoms with Gasteiger partial charge in [-0.05, 0) is 43.7 Å². The second-order valence-electron chi connectivity index (χ2n) is 9.09. The van der Waals surface area contributed by atoms with Crippen molar-refractivity contribution < 1.29 is 27.9 Å². The number of rotatable bonds is 2. The van der Waals surface area contributed by atoms with Gasteiger partial charge in [0.1, 0.15) is 23.4 Å². The third-order valence-electron chi connectivity index (χ3n) is 7.02. The Labute approximate surface area is 186 Å². The SMILES string of the molecule is CC(=O)N1CCN(C(=O)[C@H]2COC3(CCC(C)CC3)N2C(=O)c2ccc(F)cc2F)CC1. The fourth-order valence-electron chi connectivity index (χ4n) is 5.01. The summed E-state index contributed by atoms with van der Waals surface area (Å²) in [6.07, 6.45) is 2.77. The summed E-state index contributed by atoms with van der Waals surface area (Å²) >= 11 is 0. The first-order valence-corrected chi connectivity index (χ1v) is 11.2. The third kappa shape index (κ3) is 4.10. The highest BCUT2D eigenvalue weighted by atomic mass is 19.1. The number of nitrogens with zero attached hydrogens (tertiary/aromatic N) is 3. The molecule has 1 aromatic rings. The van der Waals surface area contributed by atoms with Gasteiger partial charge >= 0.3 is 0 Å². The van der Waals surface area contributed by atoms with Crippen molar-refractivity contribution in [1.29, 1.82) is 0 Å². The van der Waals surface area contributed by atoms with Crippen molar-refractivity contribution in [2.24, 2.45) is 5.92 Å². The van der Waals surface area contributed by atoms with Crippen LogP contribution in [0.1, 0.15) is 49.9 Å². The molecule has 174 valence electrons. The standard InChI is InChI=1S/C23H29F2N3O4/c1-15-5-7-23(8-6-15)28(21(30)18-4-3-17(24)13-19(18)25)20(14-32-23)22(31)27-11-9-26(10-12-27)16(2)29/h3-4,13,15,20H,5-12,14H2,1-2H3/t15?,20-,23?/m1/s1. The predicted octanol–water partition coefficient (Wildman–Crippen LogP) is 2.40. The fourth-order valence-corrected chi connectivity index (χ4v) is 5.01. The van der Waals surface area contributed by atoms with E-state index in [0.29, 0.717) is 51.0 Å². The molecule has 3 amide bonds. The van der Waals surface area contributed by atoms with Crippen LogP contribution in [0.2, 0.25) is 0 Å². The molecule has 3 aliphatic rings. The minimum Gasteiger partial charge on any atom is -0.353 e. The maximum Gasteiger partial charge on any atom is 0.259 e. The zero-order valence-electron chi connectivity index (χ0n) is 18.5. The van der Waals surface area contributed by atoms with Gasteiger partial charge in [0.25, 0.3) is 5.91 Å². The first-order valence-electron chi connectivity index (χ1n) is 11.2. The van der Waals surface area contributed by atoms with Crippen LogP contribution in [0.4, 0.5) is 8.78 Å². The van der Waals surface area contributed by atoms with Gasteiger partial charge in [-0.25, -0.2) is 8.78 Å². The van der Waals surface area contributed by atoms with Crippen LogP contribution < -0.4 is 0 Å². The van der Waals surface area contributed by atoms with Crippen molar-refractivity contribution in [2.45, 2.75) is 51.3 Å². The molecule has 1 spiro atoms. The van der Waals surface area contributed by atoms with E-state index >= 15 is 0 Å². The smallest absolute Gasteiger partial charge is 0.259 e. The van der Waals surface area contributed by atoms with Gasteiger partial charge in [0.2, 0.25) is 11.8 Å². The molecule has 4 rings (SSSR count). The minimum atomic E-state index is -0.966. The molecule has 1 aromatic carbocycles. The Balaban J connectivity index is 1.62. The molecule has 2 saturated heterocycles. The highest BCUT2D eigenvalue weighted by molar-refractivity contribution is 5.98. The highest BCUT2D eigenvalue weighted by Crippen LogP contribution is 2.43. The van der Waals surface area contributed by atoms with E-state index in [1.807, 2.05) is 0 Å². The van der Waals surface area contributed by atoms with E-state index in [-0.39, 0.29) is 24.0 Å². The molecule has 0 N–H and O–H groups in total. The first-order chi connectivity index (χ1) is 15.2. The maximum absolute atomic E-state index is 14.5. The van der Waals surface area contributed by atoms with E-state index in [1.165, 1.54) is 11.8 Å². The molecular formula is C23H29F2N3O4. The number of halogens is 2. The Morgan fingerprint density at radius 3 is 2.25 bits per heavy atom. The summed E-state index contributed by atoms with van der Waals surface area (Å²) in [5.74, 6) is -2.22. The second-order valence-corrected chi connectivity index (χ2v) is 9.09. The van der Waals surface area contributed by atoms with Gasteiger partial charge in [0.05, 0.1) is 12.2 Å². The Hall–Kier alpha value is -2.55. The topological polar surface area (TPSA) is 70.2 Å². The molecule has 3 fully saturated rings. The van der Waals surface area contributed by atoms with Crippen molar-refractivity contribution in [3.63, 3.8) is 0 Å². The number of benzene rings is 1. The normalized spacial score (nSPS) is 28.3. The lowest BCUT2D eigenvalue weighted by molar-refractivity contribution is -0.142. The van der Waals surface area contributed by atoms with Crippen molar-refractivity contribution in [3.8, 4) is 0 Å². The number of ether oxygens (including phenoxy) is 1. The van der Waals surface area contributed by atoms with Crippen molar-refractivity contribution >= 4 is 17.7 Å². The molecular weight excluding hydrogens is 420 g/mol. The van der Waals surface area contributed by atoms with Crippen LogP contribution in [0.15, 0.2) is 18.2 Å². The maximum atomic E-state index is 14.5. The van der Waals surface area contributed by atoms with Gasteiger partial charge in [0, 0.05) is 39.2 Å². The summed E-state index contributed by atoms with van der Waals surface area (Å²) in [5.41, 5.74) is -1.24. The second kappa shape index (κ2) is 8.77. The van der Waals surface area contributed by atoms with Gasteiger partial charge in [-0.15, -0.1) is 0 Å². The van der Waals surface area contributed by atoms with E-state index in [4.69, 9.17) is 4.74 Å². The van der Waals surface area contributed by atoms with Crippen LogP contribution in [0, 0.1) is 17.6 Å². The molecule has 1 atom stereocenters. The molecule has 0 unspecified atom stereocenters. The number of hydrogen-bond acceptors (Lipinski definition) is 4. The molecule has 2 heterocycles. The molecule has 7 nitrogen and oxygen atoms in total. The molecule has 9 heteroatoms. The average molecular weight is 449 g/mol. The first kappa shape index (κ1) is 22.6. The van der Waals surface area contributed by atoms with Crippen molar-refractivity contribution in [2.75, 3.05) is 32.8 Å². The average Bonchev–Trinajstić information content (AvgIpc) is 3.14. The van der Waals surface area contributed by atoms with Gasteiger partial charge in [-0.2, -0.15) is 0 Å². The lowest BCUT2D eigenvalue weighted by atomic mass is 9.83. The predicted molar refractivity (Wildman–Crippen MR) is 111 cm³/mol. The van der Waals surface area contributed by atoms with Crippen LogP contribution in [0.25, 0.3) is 0 Å². The largest absolute Gasteiger partial charge is 0.353 e. The van der Waals surface area contributed by atoms with Gasteiger partial charge in [-0.3, -0.25) is 19.3 Å². The monoisotopic (exact) mass is 449 g/mol. The number of carbonyl (C=O) groups excluding carboxylic acids is 3. The van der Waals surface area contributed by atoms with E-state index in [2.05, 4.69) is 6.92 Å². The summed E-state index contributed by atoms with van der Waals surface area (Å²) in [6, 6.07) is 1.96. The Bertz CT molecular complexity index is 909. The Morgan fingerprint density at radius 1 is 1.03 bits per heavy atom. The molecule has 0 bridgehead atoms. The summed E-state index contributed by atoms with van der Waals surface area (Å²) in [6.45, 7) is 5.25. The van der Waals surface area contributed by atoms with E-state index in [0.717, 1.165) is 25.0 Å². The molecule has 1 saturated carbocycles. The quantitative estimate of drug-likeness (QED) is 0.695. The van der Waals surface area contributed by atoms with Gasteiger partial charge in [0.15, 0.2) is 0 Å². The molecule has 1 aliphatic carbocycles. The van der Waals surface area contributed by atoms with E-state index in [9.17, 15) is 23.2 Å². The zero-order valence-corrected chi connectivity index (χ0v) is 18.5. The van der Waals surface area contributed by atoms with E-state index < -0.39 is 29.3 Å². The van der Waals surface area contributed by atoms with E-state index in [1.54, 1.807) is 9.80 Å². The van der Waals surface area contributed by atoms with Crippen LogP contribution in [0.5, 0.6) is 0 Å². The molecule has 32 heavy (non-hydrogen) atoms. The summed E-state index contributed by atoms with van der Waals surface area (Å²) in [4.78, 5) is 43.3. The third-order valence-corrected chi connectivity index (χ3v) is 7.02. The van der Waals surface area contributed by atoms with Crippen LogP contribution in [-0.4, -0.2) is 77.0 Å². The molecule has 2 aliphatic heterocycles. The molecule has 0 radical (unpaired) electrons. The fraction of sp³-hybridized carbons (Fsp3) is 0.609. The number of piperazine rings is 1. The van der Waals surface area contributed by atoms with Crippen LogP contribution in [0.3, 0.4) is 0 Å². The highest BCUT2D eigenvalue weighted by Gasteiger charge is 2.54. The van der Waals surface area contributed by atoms with Crippen molar-refractivity contribution in [1.82, 2.24) is 14.7 Å². The number of carbonyl (C=O) groups is 3. The lowest BCUT2D eigenvalue weighted by Crippen LogP contribution is -2.59. The number of amides is 3. The Morgan fingerprint density at radius 2 is 1.66 bits per heavy atom. The van der Waals surface area contributed by atoms with Crippen molar-refractivity contribution in [3.05, 3.63) is 35.4 Å².